The van der Waals surface area contributed by atoms with E-state index in [9.17, 15) is 13.2 Å². The molecule has 0 radical (unpaired) electrons. The summed E-state index contributed by atoms with van der Waals surface area (Å²) < 4.78 is 36.4. The average molecular weight is 165 g/mol. The van der Waals surface area contributed by atoms with Gasteiger partial charge in [0.15, 0.2) is 6.17 Å². The number of hydrogen-bond acceptors (Lipinski definition) is 1. The first-order valence-corrected chi connectivity index (χ1v) is 2.87. The first kappa shape index (κ1) is 8.03. The molecule has 0 amide bonds. The molecule has 1 aliphatic rings. The number of hydrogen-bond donors (Lipinski definition) is 0. The molecule has 0 bridgehead atoms. The molecule has 1 rings (SSSR count). The summed E-state index contributed by atoms with van der Waals surface area (Å²) in [6.45, 7) is 4.72. The maximum Gasteiger partial charge on any atom is 0.413 e. The van der Waals surface area contributed by atoms with E-state index in [1.54, 1.807) is 0 Å². The van der Waals surface area contributed by atoms with Crippen molar-refractivity contribution in [3.05, 3.63) is 5.43 Å². The topological polar surface area (TPSA) is 29.5 Å². The van der Waals surface area contributed by atoms with Crippen LogP contribution in [0.1, 0.15) is 6.92 Å². The van der Waals surface area contributed by atoms with Gasteiger partial charge in [-0.1, -0.05) is 0 Å². The van der Waals surface area contributed by atoms with Crippen molar-refractivity contribution in [1.82, 2.24) is 0 Å². The molecule has 1 unspecified atom stereocenters. The van der Waals surface area contributed by atoms with Crippen LogP contribution in [0.15, 0.2) is 4.99 Å². The highest BCUT2D eigenvalue weighted by Gasteiger charge is 2.35. The number of nitrogens with zero attached hydrogens (tertiary/aromatic N) is 3. The lowest BCUT2D eigenvalue weighted by Gasteiger charge is -2.08. The van der Waals surface area contributed by atoms with Gasteiger partial charge >= 0.3 is 6.18 Å². The van der Waals surface area contributed by atoms with Crippen LogP contribution in [0.2, 0.25) is 0 Å². The summed E-state index contributed by atoms with van der Waals surface area (Å²) in [6.07, 6.45) is -5.08. The molecule has 0 aromatic rings. The zero-order valence-electron chi connectivity index (χ0n) is 5.76. The van der Waals surface area contributed by atoms with Crippen molar-refractivity contribution in [3.63, 3.8) is 0 Å². The van der Waals surface area contributed by atoms with Gasteiger partial charge in [0.05, 0.1) is 5.84 Å². The number of alkyl halides is 3. The van der Waals surface area contributed by atoms with Gasteiger partial charge in [-0.05, 0) is 6.92 Å². The summed E-state index contributed by atoms with van der Waals surface area (Å²) in [5, 5.41) is 0. The molecule has 0 saturated heterocycles. The number of amidine groups is 1. The van der Waals surface area contributed by atoms with E-state index in [-0.39, 0.29) is 0 Å². The van der Waals surface area contributed by atoms with Crippen molar-refractivity contribution in [2.75, 3.05) is 0 Å². The molecule has 1 heterocycles. The molecule has 0 N–H and O–H groups in total. The minimum Gasteiger partial charge on any atom is -0.395 e. The van der Waals surface area contributed by atoms with Crippen LogP contribution in [-0.2, 0) is 0 Å². The molecule has 0 spiro atoms. The van der Waals surface area contributed by atoms with Crippen LogP contribution in [-0.4, -0.2) is 29.6 Å². The molecule has 0 fully saturated rings. The lowest BCUT2D eigenvalue weighted by molar-refractivity contribution is -0.489. The Morgan fingerprint density at radius 3 is 2.36 bits per heavy atom. The van der Waals surface area contributed by atoms with Crippen molar-refractivity contribution in [3.8, 4) is 0 Å². The van der Waals surface area contributed by atoms with Gasteiger partial charge in [-0.15, -0.1) is 0 Å². The fourth-order valence-electron chi connectivity index (χ4n) is 0.605. The van der Waals surface area contributed by atoms with E-state index in [4.69, 9.17) is 0 Å². The highest BCUT2D eigenvalue weighted by Crippen LogP contribution is 2.25. The molecule has 1 atom stereocenters. The summed E-state index contributed by atoms with van der Waals surface area (Å²) in [5.41, 5.74) is 3.09. The Balaban J connectivity index is 2.79. The van der Waals surface area contributed by atoms with E-state index in [0.29, 0.717) is 0 Å². The fraction of sp³-hybridized carbons (Fsp3) is 0.600. The number of rotatable bonds is 0. The molecule has 6 heteroatoms. The summed E-state index contributed by atoms with van der Waals surface area (Å²) in [4.78, 5) is 3.23. The summed E-state index contributed by atoms with van der Waals surface area (Å²) >= 11 is 0. The van der Waals surface area contributed by atoms with Crippen molar-refractivity contribution in [1.29, 1.82) is 0 Å². The number of aliphatic imine (C=N–C) groups is 1. The molecule has 11 heavy (non-hydrogen) atoms. The standard InChI is InChI=1S/C5H6F3N3/c1-3-9-4(5(6,7)8)10-11(3)2/h3H,2H2,1H3. The highest BCUT2D eigenvalue weighted by molar-refractivity contribution is 5.98. The average Bonchev–Trinajstić information content (AvgIpc) is 2.11. The Kier molecular flexibility index (Phi) is 1.62. The minimum absolute atomic E-state index is 0.619. The zero-order valence-corrected chi connectivity index (χ0v) is 5.76. The van der Waals surface area contributed by atoms with Gasteiger partial charge in [0, 0.05) is 0 Å². The molecule has 0 aliphatic carbocycles. The normalized spacial score (nSPS) is 24.9. The molecule has 1 aliphatic heterocycles. The monoisotopic (exact) mass is 165 g/mol. The highest BCUT2D eigenvalue weighted by atomic mass is 19.4. The van der Waals surface area contributed by atoms with Crippen molar-refractivity contribution in [2.24, 2.45) is 4.99 Å². The van der Waals surface area contributed by atoms with Gasteiger partial charge in [0.2, 0.25) is 0 Å². The van der Waals surface area contributed by atoms with E-state index in [1.165, 1.54) is 6.92 Å². The van der Waals surface area contributed by atoms with Gasteiger partial charge in [-0.3, -0.25) is 0 Å². The van der Waals surface area contributed by atoms with Crippen LogP contribution in [0.3, 0.4) is 0 Å². The van der Waals surface area contributed by atoms with Crippen LogP contribution in [0.5, 0.6) is 0 Å². The van der Waals surface area contributed by atoms with Crippen LogP contribution in [0.25, 0.3) is 5.43 Å². The predicted octanol–water partition coefficient (Wildman–Crippen LogP) is 1.31. The van der Waals surface area contributed by atoms with Gasteiger partial charge in [-0.25, -0.2) is 0 Å². The maximum atomic E-state index is 11.8. The molecule has 0 aromatic heterocycles. The molecule has 62 valence electrons. The smallest absolute Gasteiger partial charge is 0.395 e. The fourth-order valence-corrected chi connectivity index (χ4v) is 0.605. The van der Waals surface area contributed by atoms with E-state index < -0.39 is 18.2 Å². The summed E-state index contributed by atoms with van der Waals surface area (Å²) in [5.74, 6) is -1.11. The molecular weight excluding hydrogens is 159 g/mol. The van der Waals surface area contributed by atoms with E-state index in [2.05, 4.69) is 17.1 Å². The molecule has 3 nitrogen and oxygen atoms in total. The third-order valence-electron chi connectivity index (χ3n) is 1.22. The number of halogens is 3. The van der Waals surface area contributed by atoms with Crippen molar-refractivity contribution < 1.29 is 17.9 Å². The second kappa shape index (κ2) is 2.21. The van der Waals surface area contributed by atoms with E-state index >= 15 is 0 Å². The summed E-state index contributed by atoms with van der Waals surface area (Å²) in [7, 11) is 0. The molecule has 0 saturated carbocycles. The Morgan fingerprint density at radius 2 is 2.18 bits per heavy atom. The first-order valence-electron chi connectivity index (χ1n) is 2.87. The third kappa shape index (κ3) is 1.50. The minimum atomic E-state index is -4.46. The maximum absolute atomic E-state index is 11.8. The Labute approximate surface area is 61.2 Å². The zero-order chi connectivity index (χ0) is 8.65. The van der Waals surface area contributed by atoms with Gasteiger partial charge < -0.3 is 4.99 Å². The van der Waals surface area contributed by atoms with E-state index in [0.717, 1.165) is 4.68 Å². The molecular formula is C5H6F3N3. The molecule has 0 aromatic carbocycles. The lowest BCUT2D eigenvalue weighted by Crippen LogP contribution is -2.20. The lowest BCUT2D eigenvalue weighted by atomic mass is 10.6. The quantitative estimate of drug-likeness (QED) is 0.484. The van der Waals surface area contributed by atoms with Gasteiger partial charge in [-0.2, -0.15) is 23.3 Å². The van der Waals surface area contributed by atoms with Crippen molar-refractivity contribution >= 4 is 12.6 Å². The van der Waals surface area contributed by atoms with Crippen molar-refractivity contribution in [2.45, 2.75) is 19.3 Å². The first-order chi connectivity index (χ1) is 4.91. The van der Waals surface area contributed by atoms with Gasteiger partial charge in [0.1, 0.15) is 6.72 Å². The largest absolute Gasteiger partial charge is 0.413 e. The predicted molar refractivity (Wildman–Crippen MR) is 33.7 cm³/mol. The second-order valence-corrected chi connectivity index (χ2v) is 2.12. The van der Waals surface area contributed by atoms with Gasteiger partial charge in [0.25, 0.3) is 0 Å². The Bertz CT molecular complexity index is 218. The Morgan fingerprint density at radius 1 is 1.64 bits per heavy atom. The van der Waals surface area contributed by atoms with Crippen LogP contribution in [0, 0.1) is 0 Å². The van der Waals surface area contributed by atoms with Crippen LogP contribution < -0.4 is 0 Å². The third-order valence-corrected chi connectivity index (χ3v) is 1.22. The summed E-state index contributed by atoms with van der Waals surface area (Å²) in [6, 6.07) is 0. The SMILES string of the molecule is C=[N+]1[N-]C(C(F)(F)F)=NC1C. The Hall–Kier alpha value is -1.07. The second-order valence-electron chi connectivity index (χ2n) is 2.12. The van der Waals surface area contributed by atoms with Crippen LogP contribution in [0.4, 0.5) is 13.2 Å². The van der Waals surface area contributed by atoms with Crippen LogP contribution >= 0.6 is 0 Å². The van der Waals surface area contributed by atoms with E-state index in [1.807, 2.05) is 0 Å².